The number of imide groups is 1. The summed E-state index contributed by atoms with van der Waals surface area (Å²) in [5.74, 6) is 0.815. The third kappa shape index (κ3) is 3.12. The van der Waals surface area contributed by atoms with Gasteiger partial charge in [-0.05, 0) is 38.5 Å². The second-order valence-corrected chi connectivity index (χ2v) is 6.61. The van der Waals surface area contributed by atoms with E-state index in [9.17, 15) is 9.59 Å². The van der Waals surface area contributed by atoms with Crippen LogP contribution in [0, 0.1) is 23.7 Å². The Hall–Kier alpha value is -0.860. The third-order valence-corrected chi connectivity index (χ3v) is 3.56. The van der Waals surface area contributed by atoms with E-state index in [2.05, 4.69) is 27.7 Å². The lowest BCUT2D eigenvalue weighted by Crippen LogP contribution is -2.37. The Labute approximate surface area is 111 Å². The summed E-state index contributed by atoms with van der Waals surface area (Å²) >= 11 is 0. The van der Waals surface area contributed by atoms with Gasteiger partial charge in [-0.2, -0.15) is 0 Å². The average molecular weight is 253 g/mol. The Morgan fingerprint density at radius 1 is 0.833 bits per heavy atom. The van der Waals surface area contributed by atoms with Crippen LogP contribution in [0.3, 0.4) is 0 Å². The normalized spacial score (nSPS) is 25.1. The lowest BCUT2D eigenvalue weighted by atomic mass is 9.82. The van der Waals surface area contributed by atoms with Gasteiger partial charge in [0.15, 0.2) is 0 Å². The molecule has 1 saturated heterocycles. The summed E-state index contributed by atoms with van der Waals surface area (Å²) in [7, 11) is 0. The van der Waals surface area contributed by atoms with Crippen molar-refractivity contribution >= 4 is 11.8 Å². The number of likely N-dealkylation sites (tertiary alicyclic amines) is 1. The van der Waals surface area contributed by atoms with Gasteiger partial charge in [-0.1, -0.05) is 27.7 Å². The lowest BCUT2D eigenvalue weighted by molar-refractivity contribution is -0.142. The van der Waals surface area contributed by atoms with Gasteiger partial charge in [0, 0.05) is 6.04 Å². The predicted octanol–water partition coefficient (Wildman–Crippen LogP) is 3.09. The van der Waals surface area contributed by atoms with Crippen LogP contribution in [-0.4, -0.2) is 22.8 Å². The number of rotatable bonds is 5. The summed E-state index contributed by atoms with van der Waals surface area (Å²) < 4.78 is 0. The predicted molar refractivity (Wildman–Crippen MR) is 72.9 cm³/mol. The number of hydrogen-bond donors (Lipinski definition) is 0. The number of carbonyl (C=O) groups is 2. The van der Waals surface area contributed by atoms with Crippen molar-refractivity contribution in [3.63, 3.8) is 0 Å². The quantitative estimate of drug-likeness (QED) is 0.706. The van der Waals surface area contributed by atoms with E-state index in [0.29, 0.717) is 11.8 Å². The zero-order chi connectivity index (χ0) is 14.0. The molecule has 0 saturated carbocycles. The summed E-state index contributed by atoms with van der Waals surface area (Å²) in [4.78, 5) is 26.3. The van der Waals surface area contributed by atoms with E-state index >= 15 is 0 Å². The molecular formula is C15H27NO2. The Bertz CT molecular complexity index is 292. The summed E-state index contributed by atoms with van der Waals surface area (Å²) in [5.41, 5.74) is 0. The Balaban J connectivity index is 2.96. The largest absolute Gasteiger partial charge is 0.280 e. The summed E-state index contributed by atoms with van der Waals surface area (Å²) in [6.45, 7) is 12.3. The third-order valence-electron chi connectivity index (χ3n) is 3.56. The molecule has 0 radical (unpaired) electrons. The molecule has 0 aromatic carbocycles. The van der Waals surface area contributed by atoms with Gasteiger partial charge in [0.2, 0.25) is 11.8 Å². The van der Waals surface area contributed by atoms with Crippen LogP contribution in [-0.2, 0) is 9.59 Å². The zero-order valence-corrected chi connectivity index (χ0v) is 12.6. The van der Waals surface area contributed by atoms with Gasteiger partial charge in [0.1, 0.15) is 0 Å². The van der Waals surface area contributed by atoms with Gasteiger partial charge in [-0.15, -0.1) is 0 Å². The SMILES string of the molecule is CC(C)CC1C(=O)N(C(C)C)C(=O)C1CC(C)C. The fraction of sp³-hybridized carbons (Fsp3) is 0.867. The van der Waals surface area contributed by atoms with Gasteiger partial charge in [-0.3, -0.25) is 14.5 Å². The monoisotopic (exact) mass is 253 g/mol. The van der Waals surface area contributed by atoms with Crippen LogP contribution < -0.4 is 0 Å². The molecule has 0 aromatic heterocycles. The van der Waals surface area contributed by atoms with Gasteiger partial charge in [0.05, 0.1) is 11.8 Å². The van der Waals surface area contributed by atoms with E-state index in [1.54, 1.807) is 0 Å². The van der Waals surface area contributed by atoms with E-state index < -0.39 is 0 Å². The first-order valence-corrected chi connectivity index (χ1v) is 7.12. The van der Waals surface area contributed by atoms with E-state index in [4.69, 9.17) is 0 Å². The molecule has 0 N–H and O–H groups in total. The van der Waals surface area contributed by atoms with Crippen molar-refractivity contribution in [3.8, 4) is 0 Å². The van der Waals surface area contributed by atoms with Crippen molar-refractivity contribution in [1.82, 2.24) is 4.90 Å². The summed E-state index contributed by atoms with van der Waals surface area (Å²) in [5, 5.41) is 0. The molecule has 18 heavy (non-hydrogen) atoms. The van der Waals surface area contributed by atoms with Crippen molar-refractivity contribution in [2.45, 2.75) is 60.4 Å². The maximum Gasteiger partial charge on any atom is 0.233 e. The second-order valence-electron chi connectivity index (χ2n) is 6.61. The van der Waals surface area contributed by atoms with Crippen molar-refractivity contribution in [2.75, 3.05) is 0 Å². The topological polar surface area (TPSA) is 37.4 Å². The van der Waals surface area contributed by atoms with Crippen LogP contribution in [0.4, 0.5) is 0 Å². The highest BCUT2D eigenvalue weighted by Gasteiger charge is 2.48. The van der Waals surface area contributed by atoms with Crippen LogP contribution in [0.15, 0.2) is 0 Å². The number of nitrogens with zero attached hydrogens (tertiary/aromatic N) is 1. The number of carbonyl (C=O) groups excluding carboxylic acids is 2. The molecule has 0 spiro atoms. The fourth-order valence-electron chi connectivity index (χ4n) is 2.86. The molecule has 1 aliphatic heterocycles. The minimum atomic E-state index is -0.0951. The first kappa shape index (κ1) is 15.2. The van der Waals surface area contributed by atoms with Crippen LogP contribution >= 0.6 is 0 Å². The first-order valence-electron chi connectivity index (χ1n) is 7.12. The molecule has 2 amide bonds. The highest BCUT2D eigenvalue weighted by molar-refractivity contribution is 6.05. The van der Waals surface area contributed by atoms with Gasteiger partial charge in [-0.25, -0.2) is 0 Å². The van der Waals surface area contributed by atoms with Crippen LogP contribution in [0.5, 0.6) is 0 Å². The molecule has 2 unspecified atom stereocenters. The average Bonchev–Trinajstić information content (AvgIpc) is 2.41. The minimum absolute atomic E-state index is 0.0168. The lowest BCUT2D eigenvalue weighted by Gasteiger charge is -2.19. The number of hydrogen-bond acceptors (Lipinski definition) is 2. The molecule has 1 fully saturated rings. The van der Waals surface area contributed by atoms with E-state index in [0.717, 1.165) is 12.8 Å². The molecular weight excluding hydrogens is 226 g/mol. The highest BCUT2D eigenvalue weighted by Crippen LogP contribution is 2.36. The Kier molecular flexibility index (Phi) is 4.94. The zero-order valence-electron chi connectivity index (χ0n) is 12.6. The van der Waals surface area contributed by atoms with Crippen molar-refractivity contribution in [3.05, 3.63) is 0 Å². The molecule has 1 rings (SSSR count). The summed E-state index contributed by atoms with van der Waals surface area (Å²) in [6, 6.07) is -0.0168. The molecule has 1 heterocycles. The molecule has 104 valence electrons. The first-order chi connectivity index (χ1) is 8.25. The minimum Gasteiger partial charge on any atom is -0.280 e. The fourth-order valence-corrected chi connectivity index (χ4v) is 2.86. The maximum absolute atomic E-state index is 12.4. The van der Waals surface area contributed by atoms with E-state index in [1.165, 1.54) is 4.90 Å². The van der Waals surface area contributed by atoms with Gasteiger partial charge in [0.25, 0.3) is 0 Å². The number of amides is 2. The molecule has 0 aromatic rings. The second kappa shape index (κ2) is 5.85. The maximum atomic E-state index is 12.4. The highest BCUT2D eigenvalue weighted by atomic mass is 16.2. The van der Waals surface area contributed by atoms with Crippen LogP contribution in [0.2, 0.25) is 0 Å². The molecule has 1 aliphatic rings. The van der Waals surface area contributed by atoms with Crippen molar-refractivity contribution in [1.29, 1.82) is 0 Å². The van der Waals surface area contributed by atoms with Crippen LogP contribution in [0.25, 0.3) is 0 Å². The van der Waals surface area contributed by atoms with E-state index in [1.807, 2.05) is 13.8 Å². The smallest absolute Gasteiger partial charge is 0.233 e. The Morgan fingerprint density at radius 3 is 1.39 bits per heavy atom. The van der Waals surface area contributed by atoms with Gasteiger partial charge < -0.3 is 0 Å². The van der Waals surface area contributed by atoms with Crippen molar-refractivity contribution < 1.29 is 9.59 Å². The molecule has 0 aliphatic carbocycles. The summed E-state index contributed by atoms with van der Waals surface area (Å²) in [6.07, 6.45) is 1.65. The standard InChI is InChI=1S/C15H27NO2/c1-9(2)7-12-13(8-10(3)4)15(18)16(11(5)6)14(12)17/h9-13H,7-8H2,1-6H3. The Morgan fingerprint density at radius 2 is 1.17 bits per heavy atom. The molecule has 3 nitrogen and oxygen atoms in total. The van der Waals surface area contributed by atoms with Crippen LogP contribution in [0.1, 0.15) is 54.4 Å². The van der Waals surface area contributed by atoms with Gasteiger partial charge >= 0.3 is 0 Å². The molecule has 0 bridgehead atoms. The van der Waals surface area contributed by atoms with Crippen molar-refractivity contribution in [2.24, 2.45) is 23.7 Å². The molecule has 3 heteroatoms. The van der Waals surface area contributed by atoms with E-state index in [-0.39, 0.29) is 29.7 Å². The molecule has 2 atom stereocenters.